The molecule has 0 fully saturated rings. The zero-order chi connectivity index (χ0) is 24.8. The van der Waals surface area contributed by atoms with Crippen LogP contribution in [0, 0.1) is 0 Å². The number of carbonyl (C=O) groups excluding carboxylic acids is 1. The molecule has 5 nitrogen and oxygen atoms in total. The first kappa shape index (κ1) is 22.4. The van der Waals surface area contributed by atoms with E-state index in [4.69, 9.17) is 27.6 Å². The molecule has 2 N–H and O–H groups in total. The third kappa shape index (κ3) is 4.24. The van der Waals surface area contributed by atoms with E-state index in [2.05, 4.69) is 9.97 Å². The molecule has 6 rings (SSSR count). The van der Waals surface area contributed by atoms with E-state index in [1.807, 2.05) is 36.4 Å². The monoisotopic (exact) mass is 512 g/mol. The fourth-order valence-corrected chi connectivity index (χ4v) is 4.58. The second kappa shape index (κ2) is 8.86. The largest absolute Gasteiger partial charge is 0.507 e. The van der Waals surface area contributed by atoms with Gasteiger partial charge in [-0.1, -0.05) is 35.3 Å². The van der Waals surface area contributed by atoms with Gasteiger partial charge in [-0.3, -0.25) is 4.79 Å². The van der Waals surface area contributed by atoms with Crippen molar-refractivity contribution < 1.29 is 14.3 Å². The zero-order valence-corrected chi connectivity index (χ0v) is 20.3. The number of H-pyrrole nitrogens is 1. The highest BCUT2D eigenvalue weighted by atomic mass is 35.5. The van der Waals surface area contributed by atoms with E-state index in [1.54, 1.807) is 48.5 Å². The molecule has 0 aliphatic carbocycles. The second-order valence-electron chi connectivity index (χ2n) is 8.59. The van der Waals surface area contributed by atoms with E-state index < -0.39 is 0 Å². The van der Waals surface area contributed by atoms with Gasteiger partial charge in [-0.25, -0.2) is 4.98 Å². The van der Waals surface area contributed by atoms with Crippen LogP contribution in [-0.4, -0.2) is 20.9 Å². The Hall–Kier alpha value is -4.06. The van der Waals surface area contributed by atoms with Crippen molar-refractivity contribution in [2.75, 3.05) is 0 Å². The number of imidazole rings is 1. The van der Waals surface area contributed by atoms with Crippen LogP contribution in [0.15, 0.2) is 89.3 Å². The average molecular weight is 513 g/mol. The van der Waals surface area contributed by atoms with Gasteiger partial charge < -0.3 is 14.5 Å². The van der Waals surface area contributed by atoms with Gasteiger partial charge in [0.05, 0.1) is 16.6 Å². The number of ketones is 1. The Morgan fingerprint density at radius 2 is 1.61 bits per heavy atom. The number of hydrogen-bond donors (Lipinski definition) is 2. The van der Waals surface area contributed by atoms with Crippen LogP contribution >= 0.6 is 23.2 Å². The van der Waals surface area contributed by atoms with Gasteiger partial charge in [0.2, 0.25) is 5.78 Å². The lowest BCUT2D eigenvalue weighted by Crippen LogP contribution is -1.98. The quantitative estimate of drug-likeness (QED) is 0.231. The van der Waals surface area contributed by atoms with Crippen LogP contribution in [0.4, 0.5) is 0 Å². The van der Waals surface area contributed by atoms with Crippen LogP contribution in [0.1, 0.15) is 27.2 Å². The number of phenols is 1. The summed E-state index contributed by atoms with van der Waals surface area (Å²) in [6.07, 6.45) is 0.626. The number of carbonyl (C=O) groups is 1. The summed E-state index contributed by atoms with van der Waals surface area (Å²) in [6, 6.07) is 25.2. The number of fused-ring (bicyclic) bond motifs is 2. The Morgan fingerprint density at radius 3 is 2.44 bits per heavy atom. The van der Waals surface area contributed by atoms with E-state index >= 15 is 0 Å². The fourth-order valence-electron chi connectivity index (χ4n) is 4.29. The van der Waals surface area contributed by atoms with E-state index in [-0.39, 0.29) is 17.3 Å². The molecule has 2 aromatic heterocycles. The maximum absolute atomic E-state index is 12.8. The predicted molar refractivity (Wildman–Crippen MR) is 142 cm³/mol. The van der Waals surface area contributed by atoms with Crippen molar-refractivity contribution >= 4 is 51.0 Å². The second-order valence-corrected chi connectivity index (χ2v) is 9.47. The number of nitrogens with one attached hydrogen (secondary N) is 1. The van der Waals surface area contributed by atoms with Crippen molar-refractivity contribution in [2.24, 2.45) is 0 Å². The summed E-state index contributed by atoms with van der Waals surface area (Å²) in [5.74, 6) is 0.794. The van der Waals surface area contributed by atoms with Gasteiger partial charge in [0.25, 0.3) is 0 Å². The number of halogens is 2. The van der Waals surface area contributed by atoms with Crippen LogP contribution in [0.25, 0.3) is 33.4 Å². The van der Waals surface area contributed by atoms with Gasteiger partial charge in [-0.15, -0.1) is 0 Å². The molecule has 0 unspecified atom stereocenters. The molecule has 0 saturated heterocycles. The number of phenolic OH excluding ortho intramolecular Hbond substituents is 1. The van der Waals surface area contributed by atoms with Gasteiger partial charge in [0.1, 0.15) is 17.2 Å². The zero-order valence-electron chi connectivity index (χ0n) is 18.8. The third-order valence-corrected chi connectivity index (χ3v) is 6.57. The first-order valence-corrected chi connectivity index (χ1v) is 12.0. The van der Waals surface area contributed by atoms with Crippen LogP contribution in [0.3, 0.4) is 0 Å². The smallest absolute Gasteiger partial charge is 0.228 e. The van der Waals surface area contributed by atoms with E-state index in [9.17, 15) is 9.90 Å². The highest BCUT2D eigenvalue weighted by Crippen LogP contribution is 2.31. The van der Waals surface area contributed by atoms with Gasteiger partial charge in [-0.2, -0.15) is 0 Å². The molecule has 0 radical (unpaired) electrons. The van der Waals surface area contributed by atoms with Crippen LogP contribution < -0.4 is 0 Å². The number of aromatic hydroxyl groups is 1. The summed E-state index contributed by atoms with van der Waals surface area (Å²) in [7, 11) is 0. The SMILES string of the molecule is O=C(c1ccc(Cl)cc1)c1cc2cc(Cc3ccc(O)c(-c4nc5ccc(Cl)cc5[nH]4)c3)ccc2o1. The highest BCUT2D eigenvalue weighted by Gasteiger charge is 2.16. The summed E-state index contributed by atoms with van der Waals surface area (Å²) in [6.45, 7) is 0. The topological polar surface area (TPSA) is 79.1 Å². The van der Waals surface area contributed by atoms with E-state index in [1.165, 1.54) is 0 Å². The molecule has 4 aromatic carbocycles. The van der Waals surface area contributed by atoms with Crippen molar-refractivity contribution in [2.45, 2.75) is 6.42 Å². The first-order valence-electron chi connectivity index (χ1n) is 11.2. The van der Waals surface area contributed by atoms with E-state index in [0.717, 1.165) is 27.5 Å². The van der Waals surface area contributed by atoms with Gasteiger partial charge in [0, 0.05) is 21.0 Å². The molecule has 36 heavy (non-hydrogen) atoms. The fraction of sp³-hybridized carbons (Fsp3) is 0.0345. The Balaban J connectivity index is 1.29. The Morgan fingerprint density at radius 1 is 0.861 bits per heavy atom. The number of furan rings is 1. The van der Waals surface area contributed by atoms with Crippen molar-refractivity contribution in [1.29, 1.82) is 0 Å². The lowest BCUT2D eigenvalue weighted by molar-refractivity contribution is 0.101. The predicted octanol–water partition coefficient (Wildman–Crippen LogP) is 7.81. The molecule has 176 valence electrons. The summed E-state index contributed by atoms with van der Waals surface area (Å²) >= 11 is 12.0. The van der Waals surface area contributed by atoms with Crippen molar-refractivity contribution in [1.82, 2.24) is 9.97 Å². The average Bonchev–Trinajstić information content (AvgIpc) is 3.49. The maximum atomic E-state index is 12.8. The Labute approximate surface area is 215 Å². The molecule has 0 aliphatic heterocycles. The minimum Gasteiger partial charge on any atom is -0.507 e. The molecular weight excluding hydrogens is 495 g/mol. The first-order chi connectivity index (χ1) is 17.4. The minimum absolute atomic E-state index is 0.138. The number of rotatable bonds is 5. The summed E-state index contributed by atoms with van der Waals surface area (Å²) in [5, 5.41) is 12.5. The highest BCUT2D eigenvalue weighted by molar-refractivity contribution is 6.31. The standard InChI is InChI=1S/C29H18Cl2N2O3/c30-20-5-3-18(4-6-20)28(35)27-14-19-12-16(2-10-26(19)36-27)11-17-1-9-25(34)22(13-17)29-32-23-8-7-21(31)15-24(23)33-29/h1-10,12-15,34H,11H2,(H,32,33). The van der Waals surface area contributed by atoms with Gasteiger partial charge >= 0.3 is 0 Å². The maximum Gasteiger partial charge on any atom is 0.228 e. The molecule has 7 heteroatoms. The third-order valence-electron chi connectivity index (χ3n) is 6.08. The number of hydrogen-bond acceptors (Lipinski definition) is 4. The molecule has 0 bridgehead atoms. The van der Waals surface area contributed by atoms with Gasteiger partial charge in [-0.05, 0) is 90.3 Å². The molecule has 0 amide bonds. The molecule has 0 aliphatic rings. The lowest BCUT2D eigenvalue weighted by Gasteiger charge is -2.07. The molecule has 2 heterocycles. The van der Waals surface area contributed by atoms with Crippen LogP contribution in [0.2, 0.25) is 10.0 Å². The number of benzene rings is 4. The van der Waals surface area contributed by atoms with Crippen LogP contribution in [0.5, 0.6) is 5.75 Å². The molecule has 0 spiro atoms. The summed E-state index contributed by atoms with van der Waals surface area (Å²) in [4.78, 5) is 20.6. The van der Waals surface area contributed by atoms with Crippen molar-refractivity contribution in [3.8, 4) is 17.1 Å². The van der Waals surface area contributed by atoms with E-state index in [0.29, 0.717) is 39.0 Å². The van der Waals surface area contributed by atoms with Crippen molar-refractivity contribution in [3.63, 3.8) is 0 Å². The normalized spacial score (nSPS) is 11.4. The molecule has 0 atom stereocenters. The molecule has 6 aromatic rings. The molecule has 0 saturated carbocycles. The van der Waals surface area contributed by atoms with Crippen molar-refractivity contribution in [3.05, 3.63) is 117 Å². The Bertz CT molecular complexity index is 1770. The number of nitrogens with zero attached hydrogens (tertiary/aromatic N) is 1. The molecular formula is C29H18Cl2N2O3. The number of aromatic nitrogens is 2. The number of aromatic amines is 1. The Kier molecular flexibility index (Phi) is 5.52. The summed E-state index contributed by atoms with van der Waals surface area (Å²) < 4.78 is 5.81. The van der Waals surface area contributed by atoms with Gasteiger partial charge in [0.15, 0.2) is 5.76 Å². The lowest BCUT2D eigenvalue weighted by atomic mass is 10.0. The van der Waals surface area contributed by atoms with Crippen LogP contribution in [-0.2, 0) is 6.42 Å². The minimum atomic E-state index is -0.195. The summed E-state index contributed by atoms with van der Waals surface area (Å²) in [5.41, 5.74) is 5.39.